The maximum Gasteiger partial charge on any atom is 0.305 e. The van der Waals surface area contributed by atoms with Crippen molar-refractivity contribution in [2.24, 2.45) is 11.7 Å². The highest BCUT2D eigenvalue weighted by Gasteiger charge is 2.28. The van der Waals surface area contributed by atoms with Crippen LogP contribution in [0.15, 0.2) is 18.2 Å². The second-order valence-corrected chi connectivity index (χ2v) is 4.63. The van der Waals surface area contributed by atoms with E-state index in [-0.39, 0.29) is 23.9 Å². The number of primary amides is 1. The summed E-state index contributed by atoms with van der Waals surface area (Å²) in [6.45, 7) is 1.35. The number of carbonyl (C=O) groups excluding carboxylic acids is 1. The van der Waals surface area contributed by atoms with E-state index in [1.54, 1.807) is 0 Å². The SMILES string of the molecule is NC(=O)C1CCN(Cc2cccc([N+](=O)[O-])c2F)C1. The van der Waals surface area contributed by atoms with E-state index in [2.05, 4.69) is 0 Å². The number of hydrogen-bond donors (Lipinski definition) is 1. The molecule has 1 aliphatic rings. The van der Waals surface area contributed by atoms with Gasteiger partial charge in [-0.2, -0.15) is 4.39 Å². The van der Waals surface area contributed by atoms with Crippen molar-refractivity contribution in [1.29, 1.82) is 0 Å². The number of carbonyl (C=O) groups is 1. The Morgan fingerprint density at radius 2 is 2.32 bits per heavy atom. The number of nitrogens with two attached hydrogens (primary N) is 1. The molecule has 6 nitrogen and oxygen atoms in total. The molecule has 1 saturated heterocycles. The Labute approximate surface area is 109 Å². The Kier molecular flexibility index (Phi) is 3.75. The lowest BCUT2D eigenvalue weighted by Gasteiger charge is -2.15. The molecule has 0 radical (unpaired) electrons. The summed E-state index contributed by atoms with van der Waals surface area (Å²) in [5, 5.41) is 10.6. The minimum absolute atomic E-state index is 0.221. The molecule has 7 heteroatoms. The number of halogens is 1. The molecule has 2 N–H and O–H groups in total. The molecule has 0 bridgehead atoms. The maximum absolute atomic E-state index is 13.9. The number of likely N-dealkylation sites (tertiary alicyclic amines) is 1. The highest BCUT2D eigenvalue weighted by molar-refractivity contribution is 5.77. The summed E-state index contributed by atoms with van der Waals surface area (Å²) < 4.78 is 13.9. The lowest BCUT2D eigenvalue weighted by molar-refractivity contribution is -0.387. The molecule has 2 rings (SSSR count). The van der Waals surface area contributed by atoms with Gasteiger partial charge in [-0.1, -0.05) is 12.1 Å². The number of nitrogens with zero attached hydrogens (tertiary/aromatic N) is 2. The predicted molar refractivity (Wildman–Crippen MR) is 65.6 cm³/mol. The summed E-state index contributed by atoms with van der Waals surface area (Å²) in [6.07, 6.45) is 0.645. The molecular formula is C12H14FN3O3. The van der Waals surface area contributed by atoms with Gasteiger partial charge in [0, 0.05) is 24.7 Å². The monoisotopic (exact) mass is 267 g/mol. The van der Waals surface area contributed by atoms with Gasteiger partial charge in [-0.25, -0.2) is 0 Å². The van der Waals surface area contributed by atoms with Crippen LogP contribution in [0.3, 0.4) is 0 Å². The normalized spacial score (nSPS) is 19.5. The fourth-order valence-electron chi connectivity index (χ4n) is 2.28. The Morgan fingerprint density at radius 1 is 1.58 bits per heavy atom. The van der Waals surface area contributed by atoms with Crippen LogP contribution in [0.25, 0.3) is 0 Å². The van der Waals surface area contributed by atoms with Crippen molar-refractivity contribution in [1.82, 2.24) is 4.90 Å². The van der Waals surface area contributed by atoms with Gasteiger partial charge in [-0.3, -0.25) is 19.8 Å². The predicted octanol–water partition coefficient (Wildman–Crippen LogP) is 1.04. The highest BCUT2D eigenvalue weighted by Crippen LogP contribution is 2.24. The smallest absolute Gasteiger partial charge is 0.305 e. The van der Waals surface area contributed by atoms with Crippen LogP contribution in [0.4, 0.5) is 10.1 Å². The topological polar surface area (TPSA) is 89.5 Å². The average Bonchev–Trinajstić information content (AvgIpc) is 2.80. The van der Waals surface area contributed by atoms with Gasteiger partial charge in [0.25, 0.3) is 0 Å². The molecule has 1 atom stereocenters. The van der Waals surface area contributed by atoms with Crippen molar-refractivity contribution >= 4 is 11.6 Å². The van der Waals surface area contributed by atoms with E-state index in [1.165, 1.54) is 12.1 Å². The molecule has 0 spiro atoms. The van der Waals surface area contributed by atoms with Gasteiger partial charge < -0.3 is 5.73 Å². The number of amides is 1. The summed E-state index contributed by atoms with van der Waals surface area (Å²) in [5.74, 6) is -1.39. The third-order valence-corrected chi connectivity index (χ3v) is 3.32. The third kappa shape index (κ3) is 2.87. The molecule has 0 aliphatic carbocycles. The largest absolute Gasteiger partial charge is 0.369 e. The van der Waals surface area contributed by atoms with Crippen molar-refractivity contribution in [3.8, 4) is 0 Å². The van der Waals surface area contributed by atoms with Crippen LogP contribution in [-0.2, 0) is 11.3 Å². The summed E-state index contributed by atoms with van der Waals surface area (Å²) in [4.78, 5) is 22.8. The van der Waals surface area contributed by atoms with Crippen molar-refractivity contribution in [3.63, 3.8) is 0 Å². The Balaban J connectivity index is 2.10. The third-order valence-electron chi connectivity index (χ3n) is 3.32. The molecule has 19 heavy (non-hydrogen) atoms. The zero-order chi connectivity index (χ0) is 14.0. The second kappa shape index (κ2) is 5.31. The first kappa shape index (κ1) is 13.4. The van der Waals surface area contributed by atoms with Crippen LogP contribution in [0.5, 0.6) is 0 Å². The van der Waals surface area contributed by atoms with E-state index in [0.29, 0.717) is 19.5 Å². The van der Waals surface area contributed by atoms with E-state index in [4.69, 9.17) is 5.73 Å². The zero-order valence-electron chi connectivity index (χ0n) is 10.2. The van der Waals surface area contributed by atoms with Crippen molar-refractivity contribution in [2.75, 3.05) is 13.1 Å². The van der Waals surface area contributed by atoms with Gasteiger partial charge in [0.1, 0.15) is 0 Å². The Morgan fingerprint density at radius 3 is 2.89 bits per heavy atom. The first-order valence-electron chi connectivity index (χ1n) is 5.92. The number of nitro groups is 1. The van der Waals surface area contributed by atoms with Gasteiger partial charge in [-0.05, 0) is 13.0 Å². The quantitative estimate of drug-likeness (QED) is 0.652. The molecule has 1 aliphatic heterocycles. The fraction of sp³-hybridized carbons (Fsp3) is 0.417. The van der Waals surface area contributed by atoms with E-state index in [9.17, 15) is 19.3 Å². The van der Waals surface area contributed by atoms with E-state index in [0.717, 1.165) is 6.07 Å². The van der Waals surface area contributed by atoms with Crippen LogP contribution in [0.2, 0.25) is 0 Å². The Bertz CT molecular complexity index is 521. The van der Waals surface area contributed by atoms with Crippen molar-refractivity contribution < 1.29 is 14.1 Å². The molecule has 1 aromatic rings. The van der Waals surface area contributed by atoms with Gasteiger partial charge in [0.15, 0.2) is 0 Å². The number of hydrogen-bond acceptors (Lipinski definition) is 4. The molecule has 0 aromatic heterocycles. The van der Waals surface area contributed by atoms with Gasteiger partial charge in [0.2, 0.25) is 11.7 Å². The van der Waals surface area contributed by atoms with E-state index < -0.39 is 16.4 Å². The fourth-order valence-corrected chi connectivity index (χ4v) is 2.28. The standard InChI is InChI=1S/C12H14FN3O3/c13-11-8(2-1-3-10(11)16(18)19)6-15-5-4-9(7-15)12(14)17/h1-3,9H,4-7H2,(H2,14,17). The van der Waals surface area contributed by atoms with E-state index >= 15 is 0 Å². The molecule has 1 amide bonds. The van der Waals surface area contributed by atoms with Crippen molar-refractivity contribution in [3.05, 3.63) is 39.7 Å². The molecule has 1 aromatic carbocycles. The van der Waals surface area contributed by atoms with Crippen molar-refractivity contribution in [2.45, 2.75) is 13.0 Å². The number of nitro benzene ring substituents is 1. The molecular weight excluding hydrogens is 253 g/mol. The maximum atomic E-state index is 13.9. The summed E-state index contributed by atoms with van der Waals surface area (Å²) in [7, 11) is 0. The van der Waals surface area contributed by atoms with Gasteiger partial charge in [0.05, 0.1) is 10.8 Å². The molecule has 1 unspecified atom stereocenters. The number of benzene rings is 1. The zero-order valence-corrected chi connectivity index (χ0v) is 10.2. The molecule has 1 heterocycles. The first-order valence-corrected chi connectivity index (χ1v) is 5.92. The summed E-state index contributed by atoms with van der Waals surface area (Å²) in [6, 6.07) is 4.10. The lowest BCUT2D eigenvalue weighted by atomic mass is 10.1. The van der Waals surface area contributed by atoms with Crippen LogP contribution >= 0.6 is 0 Å². The molecule has 1 fully saturated rings. The van der Waals surface area contributed by atoms with Crippen LogP contribution in [0.1, 0.15) is 12.0 Å². The Hall–Kier alpha value is -2.02. The minimum Gasteiger partial charge on any atom is -0.369 e. The van der Waals surface area contributed by atoms with Gasteiger partial charge in [-0.15, -0.1) is 0 Å². The minimum atomic E-state index is -0.810. The van der Waals surface area contributed by atoms with E-state index in [1.807, 2.05) is 4.90 Å². The van der Waals surface area contributed by atoms with Crippen LogP contribution in [-0.4, -0.2) is 28.8 Å². The van der Waals surface area contributed by atoms with Gasteiger partial charge >= 0.3 is 5.69 Å². The summed E-state index contributed by atoms with van der Waals surface area (Å²) in [5.41, 5.74) is 4.96. The first-order chi connectivity index (χ1) is 8.99. The second-order valence-electron chi connectivity index (χ2n) is 4.63. The highest BCUT2D eigenvalue weighted by atomic mass is 19.1. The molecule has 0 saturated carbocycles. The average molecular weight is 267 g/mol. The summed E-state index contributed by atoms with van der Waals surface area (Å²) >= 11 is 0. The lowest BCUT2D eigenvalue weighted by Crippen LogP contribution is -2.27. The number of rotatable bonds is 4. The van der Waals surface area contributed by atoms with Crippen LogP contribution < -0.4 is 5.73 Å². The van der Waals surface area contributed by atoms with Crippen LogP contribution in [0, 0.1) is 21.8 Å². The molecule has 102 valence electrons.